The Morgan fingerprint density at radius 2 is 2.06 bits per heavy atom. The van der Waals surface area contributed by atoms with Crippen LogP contribution in [-0.2, 0) is 11.3 Å². The van der Waals surface area contributed by atoms with Crippen molar-refractivity contribution in [2.24, 2.45) is 0 Å². The van der Waals surface area contributed by atoms with Crippen LogP contribution in [0.1, 0.15) is 19.4 Å². The number of benzene rings is 1. The molecule has 0 bridgehead atoms. The summed E-state index contributed by atoms with van der Waals surface area (Å²) in [4.78, 5) is 13.3. The Balaban J connectivity index is 2.58. The molecule has 1 amide bonds. The number of nitrogens with one attached hydrogen (secondary N) is 1. The van der Waals surface area contributed by atoms with Gasteiger partial charge in [0.05, 0.1) is 0 Å². The molecule has 0 atom stereocenters. The molecule has 1 aromatic rings. The SMILES string of the molecule is CCNCc1ccccc1OCC(=O)N(C)CC. The van der Waals surface area contributed by atoms with Gasteiger partial charge in [-0.3, -0.25) is 4.79 Å². The monoisotopic (exact) mass is 250 g/mol. The summed E-state index contributed by atoms with van der Waals surface area (Å²) in [6, 6.07) is 7.79. The van der Waals surface area contributed by atoms with Gasteiger partial charge >= 0.3 is 0 Å². The van der Waals surface area contributed by atoms with Crippen molar-refractivity contribution in [2.45, 2.75) is 20.4 Å². The number of rotatable bonds is 7. The second-order valence-electron chi connectivity index (χ2n) is 4.08. The van der Waals surface area contributed by atoms with Gasteiger partial charge in [0.15, 0.2) is 6.61 Å². The smallest absolute Gasteiger partial charge is 0.260 e. The molecular formula is C14H22N2O2. The number of amides is 1. The quantitative estimate of drug-likeness (QED) is 0.800. The highest BCUT2D eigenvalue weighted by Crippen LogP contribution is 2.17. The van der Waals surface area contributed by atoms with E-state index in [1.54, 1.807) is 11.9 Å². The molecule has 0 saturated carbocycles. The average Bonchev–Trinajstić information content (AvgIpc) is 2.42. The lowest BCUT2D eigenvalue weighted by Crippen LogP contribution is -2.31. The Labute approximate surface area is 109 Å². The van der Waals surface area contributed by atoms with E-state index >= 15 is 0 Å². The first-order valence-electron chi connectivity index (χ1n) is 6.34. The number of carbonyl (C=O) groups is 1. The molecule has 18 heavy (non-hydrogen) atoms. The second-order valence-corrected chi connectivity index (χ2v) is 4.08. The van der Waals surface area contributed by atoms with E-state index in [1.165, 1.54) is 0 Å². The summed E-state index contributed by atoms with van der Waals surface area (Å²) in [5.74, 6) is 0.770. The first kappa shape index (κ1) is 14.5. The van der Waals surface area contributed by atoms with Gasteiger partial charge in [-0.05, 0) is 19.5 Å². The van der Waals surface area contributed by atoms with E-state index in [1.807, 2.05) is 31.2 Å². The van der Waals surface area contributed by atoms with Crippen LogP contribution in [0.15, 0.2) is 24.3 Å². The summed E-state index contributed by atoms with van der Waals surface area (Å²) in [5, 5.41) is 3.25. The number of ether oxygens (including phenoxy) is 1. The third-order valence-electron chi connectivity index (χ3n) is 2.79. The summed E-state index contributed by atoms with van der Waals surface area (Å²) < 4.78 is 5.59. The predicted octanol–water partition coefficient (Wildman–Crippen LogP) is 1.65. The van der Waals surface area contributed by atoms with Crippen LogP contribution in [0.4, 0.5) is 0 Å². The molecule has 0 aromatic heterocycles. The van der Waals surface area contributed by atoms with Crippen LogP contribution >= 0.6 is 0 Å². The van der Waals surface area contributed by atoms with Crippen LogP contribution in [0.25, 0.3) is 0 Å². The highest BCUT2D eigenvalue weighted by molar-refractivity contribution is 5.77. The van der Waals surface area contributed by atoms with Crippen LogP contribution in [0.3, 0.4) is 0 Å². The number of likely N-dealkylation sites (N-methyl/N-ethyl adjacent to an activating group) is 1. The zero-order valence-electron chi connectivity index (χ0n) is 11.4. The van der Waals surface area contributed by atoms with Crippen LogP contribution in [0, 0.1) is 0 Å². The highest BCUT2D eigenvalue weighted by atomic mass is 16.5. The molecule has 0 heterocycles. The summed E-state index contributed by atoms with van der Waals surface area (Å²) in [6.45, 7) is 6.45. The van der Waals surface area contributed by atoms with Gasteiger partial charge in [-0.2, -0.15) is 0 Å². The van der Waals surface area contributed by atoms with Crippen molar-refractivity contribution in [3.63, 3.8) is 0 Å². The van der Waals surface area contributed by atoms with Crippen LogP contribution < -0.4 is 10.1 Å². The Morgan fingerprint density at radius 1 is 1.33 bits per heavy atom. The van der Waals surface area contributed by atoms with Gasteiger partial charge in [0.25, 0.3) is 5.91 Å². The molecular weight excluding hydrogens is 228 g/mol. The first-order chi connectivity index (χ1) is 8.69. The van der Waals surface area contributed by atoms with Crippen molar-refractivity contribution < 1.29 is 9.53 Å². The fraction of sp³-hybridized carbons (Fsp3) is 0.500. The Hall–Kier alpha value is -1.55. The third kappa shape index (κ3) is 4.37. The standard InChI is InChI=1S/C14H22N2O2/c1-4-15-10-12-8-6-7-9-13(12)18-11-14(17)16(3)5-2/h6-9,15H,4-5,10-11H2,1-3H3. The molecule has 1 N–H and O–H groups in total. The number of hydrogen-bond donors (Lipinski definition) is 1. The summed E-state index contributed by atoms with van der Waals surface area (Å²) in [6.07, 6.45) is 0. The average molecular weight is 250 g/mol. The summed E-state index contributed by atoms with van der Waals surface area (Å²) in [5.41, 5.74) is 1.08. The maximum Gasteiger partial charge on any atom is 0.260 e. The highest BCUT2D eigenvalue weighted by Gasteiger charge is 2.09. The summed E-state index contributed by atoms with van der Waals surface area (Å²) in [7, 11) is 1.77. The normalized spacial score (nSPS) is 10.2. The molecule has 1 rings (SSSR count). The predicted molar refractivity (Wildman–Crippen MR) is 72.6 cm³/mol. The van der Waals surface area contributed by atoms with Crippen molar-refractivity contribution in [2.75, 3.05) is 26.7 Å². The fourth-order valence-electron chi connectivity index (χ4n) is 1.48. The molecule has 1 aromatic carbocycles. The molecule has 4 nitrogen and oxygen atoms in total. The van der Waals surface area contributed by atoms with E-state index in [0.29, 0.717) is 6.54 Å². The zero-order chi connectivity index (χ0) is 13.4. The molecule has 4 heteroatoms. The molecule has 0 aliphatic heterocycles. The molecule has 0 spiro atoms. The minimum Gasteiger partial charge on any atom is -0.483 e. The van der Waals surface area contributed by atoms with E-state index < -0.39 is 0 Å². The van der Waals surface area contributed by atoms with Crippen molar-refractivity contribution in [1.82, 2.24) is 10.2 Å². The minimum atomic E-state index is -0.00393. The van der Waals surface area contributed by atoms with Gasteiger partial charge in [0.1, 0.15) is 5.75 Å². The van der Waals surface area contributed by atoms with Crippen molar-refractivity contribution in [3.8, 4) is 5.75 Å². The lowest BCUT2D eigenvalue weighted by molar-refractivity contribution is -0.131. The molecule has 0 fully saturated rings. The van der Waals surface area contributed by atoms with Crippen molar-refractivity contribution in [3.05, 3.63) is 29.8 Å². The zero-order valence-corrected chi connectivity index (χ0v) is 11.4. The van der Waals surface area contributed by atoms with Crippen LogP contribution in [0.2, 0.25) is 0 Å². The van der Waals surface area contributed by atoms with Gasteiger partial charge in [-0.15, -0.1) is 0 Å². The molecule has 0 aliphatic carbocycles. The van der Waals surface area contributed by atoms with Crippen LogP contribution in [0.5, 0.6) is 5.75 Å². The number of nitrogens with zero attached hydrogens (tertiary/aromatic N) is 1. The molecule has 0 radical (unpaired) electrons. The lowest BCUT2D eigenvalue weighted by Gasteiger charge is -2.16. The van der Waals surface area contributed by atoms with Gasteiger partial charge in [-0.1, -0.05) is 25.1 Å². The van der Waals surface area contributed by atoms with Gasteiger partial charge < -0.3 is 15.0 Å². The van der Waals surface area contributed by atoms with E-state index in [-0.39, 0.29) is 12.5 Å². The van der Waals surface area contributed by atoms with E-state index in [0.717, 1.165) is 24.4 Å². The van der Waals surface area contributed by atoms with E-state index in [4.69, 9.17) is 4.74 Å². The third-order valence-corrected chi connectivity index (χ3v) is 2.79. The maximum atomic E-state index is 11.7. The Morgan fingerprint density at radius 3 is 2.72 bits per heavy atom. The molecule has 0 saturated heterocycles. The van der Waals surface area contributed by atoms with Gasteiger partial charge in [0.2, 0.25) is 0 Å². The lowest BCUT2D eigenvalue weighted by atomic mass is 10.2. The second kappa shape index (κ2) is 7.71. The van der Waals surface area contributed by atoms with E-state index in [2.05, 4.69) is 12.2 Å². The number of carbonyl (C=O) groups excluding carboxylic acids is 1. The van der Waals surface area contributed by atoms with E-state index in [9.17, 15) is 4.79 Å². The van der Waals surface area contributed by atoms with Crippen molar-refractivity contribution >= 4 is 5.91 Å². The minimum absolute atomic E-state index is 0.00393. The topological polar surface area (TPSA) is 41.6 Å². The molecule has 0 unspecified atom stereocenters. The van der Waals surface area contributed by atoms with Gasteiger partial charge in [0, 0.05) is 25.7 Å². The number of hydrogen-bond acceptors (Lipinski definition) is 3. The first-order valence-corrected chi connectivity index (χ1v) is 6.34. The summed E-state index contributed by atoms with van der Waals surface area (Å²) >= 11 is 0. The Bertz CT molecular complexity index is 380. The Kier molecular flexibility index (Phi) is 6.22. The molecule has 100 valence electrons. The maximum absolute atomic E-state index is 11.7. The fourth-order valence-corrected chi connectivity index (χ4v) is 1.48. The van der Waals surface area contributed by atoms with Crippen molar-refractivity contribution in [1.29, 1.82) is 0 Å². The van der Waals surface area contributed by atoms with Gasteiger partial charge in [-0.25, -0.2) is 0 Å². The van der Waals surface area contributed by atoms with Crippen LogP contribution in [-0.4, -0.2) is 37.6 Å². The largest absolute Gasteiger partial charge is 0.483 e. The molecule has 0 aliphatic rings. The number of para-hydroxylation sites is 1.